The van der Waals surface area contributed by atoms with Crippen molar-refractivity contribution in [3.8, 4) is 5.75 Å². The minimum atomic E-state index is -0.509. The van der Waals surface area contributed by atoms with E-state index in [1.54, 1.807) is 31.2 Å². The first-order valence-corrected chi connectivity index (χ1v) is 8.73. The van der Waals surface area contributed by atoms with Gasteiger partial charge in [-0.1, -0.05) is 42.5 Å². The summed E-state index contributed by atoms with van der Waals surface area (Å²) in [6.07, 6.45) is 0.0312. The molecule has 1 amide bonds. The first-order valence-electron chi connectivity index (χ1n) is 8.73. The van der Waals surface area contributed by atoms with Gasteiger partial charge in [0.05, 0.1) is 19.1 Å². The molecule has 2 aromatic carbocycles. The Morgan fingerprint density at radius 1 is 1.04 bits per heavy atom. The van der Waals surface area contributed by atoms with E-state index in [2.05, 4.69) is 5.32 Å². The molecule has 2 aromatic rings. The van der Waals surface area contributed by atoms with E-state index in [4.69, 9.17) is 9.47 Å². The number of carbonyl (C=O) groups excluding carboxylic acids is 3. The molecule has 0 aliphatic carbocycles. The zero-order valence-corrected chi connectivity index (χ0v) is 15.4. The number of esters is 1. The van der Waals surface area contributed by atoms with Crippen LogP contribution in [-0.4, -0.2) is 30.9 Å². The van der Waals surface area contributed by atoms with Crippen LogP contribution in [0.3, 0.4) is 0 Å². The SMILES string of the molecule is CCOC(=O)CC(NC(=O)COc1cccc(C(C)=O)c1)c1ccccc1. The van der Waals surface area contributed by atoms with E-state index in [0.717, 1.165) is 5.56 Å². The summed E-state index contributed by atoms with van der Waals surface area (Å²) < 4.78 is 10.5. The highest BCUT2D eigenvalue weighted by molar-refractivity contribution is 5.94. The number of hydrogen-bond donors (Lipinski definition) is 1. The van der Waals surface area contributed by atoms with Gasteiger partial charge in [-0.25, -0.2) is 0 Å². The topological polar surface area (TPSA) is 81.7 Å². The summed E-state index contributed by atoms with van der Waals surface area (Å²) in [5.41, 5.74) is 1.31. The van der Waals surface area contributed by atoms with Crippen molar-refractivity contribution < 1.29 is 23.9 Å². The quantitative estimate of drug-likeness (QED) is 0.543. The number of rotatable bonds is 9. The van der Waals surface area contributed by atoms with Crippen molar-refractivity contribution in [2.24, 2.45) is 0 Å². The Kier molecular flexibility index (Phi) is 7.55. The molecule has 0 aliphatic heterocycles. The lowest BCUT2D eigenvalue weighted by Gasteiger charge is -2.18. The first-order chi connectivity index (χ1) is 13.0. The van der Waals surface area contributed by atoms with E-state index in [1.165, 1.54) is 6.92 Å². The molecule has 0 radical (unpaired) electrons. The summed E-state index contributed by atoms with van der Waals surface area (Å²) in [6, 6.07) is 15.3. The lowest BCUT2D eigenvalue weighted by atomic mass is 10.0. The molecular weight excluding hydrogens is 346 g/mol. The molecule has 1 N–H and O–H groups in total. The largest absolute Gasteiger partial charge is 0.484 e. The molecule has 1 unspecified atom stereocenters. The predicted molar refractivity (Wildman–Crippen MR) is 101 cm³/mol. The van der Waals surface area contributed by atoms with Crippen molar-refractivity contribution in [2.75, 3.05) is 13.2 Å². The minimum absolute atomic E-state index is 0.0312. The van der Waals surface area contributed by atoms with Gasteiger partial charge >= 0.3 is 5.97 Å². The van der Waals surface area contributed by atoms with Crippen LogP contribution in [0.4, 0.5) is 0 Å². The van der Waals surface area contributed by atoms with Gasteiger partial charge in [-0.3, -0.25) is 14.4 Å². The molecule has 0 saturated heterocycles. The third kappa shape index (κ3) is 6.58. The first kappa shape index (κ1) is 20.2. The smallest absolute Gasteiger partial charge is 0.308 e. The maximum absolute atomic E-state index is 12.3. The molecule has 0 bridgehead atoms. The van der Waals surface area contributed by atoms with Crippen molar-refractivity contribution >= 4 is 17.7 Å². The molecule has 6 heteroatoms. The summed E-state index contributed by atoms with van der Waals surface area (Å²) in [5.74, 6) is -0.411. The third-order valence-electron chi connectivity index (χ3n) is 3.82. The zero-order chi connectivity index (χ0) is 19.6. The average Bonchev–Trinajstić information content (AvgIpc) is 2.67. The van der Waals surface area contributed by atoms with Gasteiger partial charge in [0.15, 0.2) is 12.4 Å². The average molecular weight is 369 g/mol. The fourth-order valence-electron chi connectivity index (χ4n) is 2.51. The Labute approximate surface area is 158 Å². The number of nitrogens with one attached hydrogen (secondary N) is 1. The normalized spacial score (nSPS) is 11.3. The lowest BCUT2D eigenvalue weighted by Crippen LogP contribution is -2.34. The van der Waals surface area contributed by atoms with Gasteiger partial charge in [0.1, 0.15) is 5.75 Å². The van der Waals surface area contributed by atoms with Crippen molar-refractivity contribution in [2.45, 2.75) is 26.3 Å². The second kappa shape index (κ2) is 10.1. The van der Waals surface area contributed by atoms with Gasteiger partial charge in [-0.2, -0.15) is 0 Å². The highest BCUT2D eigenvalue weighted by Crippen LogP contribution is 2.18. The number of benzene rings is 2. The number of carbonyl (C=O) groups is 3. The molecule has 0 aromatic heterocycles. The summed E-state index contributed by atoms with van der Waals surface area (Å²) in [5, 5.41) is 2.80. The highest BCUT2D eigenvalue weighted by Gasteiger charge is 2.19. The standard InChI is InChI=1S/C21H23NO5/c1-3-26-21(25)13-19(16-8-5-4-6-9-16)22-20(24)14-27-18-11-7-10-17(12-18)15(2)23/h4-12,19H,3,13-14H2,1-2H3,(H,22,24). The lowest BCUT2D eigenvalue weighted by molar-refractivity contribution is -0.143. The number of Topliss-reactive ketones (excluding diaryl/α,β-unsaturated/α-hetero) is 1. The summed E-state index contributed by atoms with van der Waals surface area (Å²) >= 11 is 0. The van der Waals surface area contributed by atoms with Crippen LogP contribution in [0.25, 0.3) is 0 Å². The highest BCUT2D eigenvalue weighted by atomic mass is 16.5. The van der Waals surface area contributed by atoms with Crippen molar-refractivity contribution in [3.63, 3.8) is 0 Å². The monoisotopic (exact) mass is 369 g/mol. The van der Waals surface area contributed by atoms with E-state index >= 15 is 0 Å². The van der Waals surface area contributed by atoms with Gasteiger partial charge in [-0.05, 0) is 31.5 Å². The third-order valence-corrected chi connectivity index (χ3v) is 3.82. The fourth-order valence-corrected chi connectivity index (χ4v) is 2.51. The number of ether oxygens (including phenoxy) is 2. The fraction of sp³-hybridized carbons (Fsp3) is 0.286. The van der Waals surface area contributed by atoms with Crippen molar-refractivity contribution in [1.82, 2.24) is 5.32 Å². The van der Waals surface area contributed by atoms with Crippen molar-refractivity contribution in [1.29, 1.82) is 0 Å². The maximum atomic E-state index is 12.3. The van der Waals surface area contributed by atoms with Crippen LogP contribution in [-0.2, 0) is 14.3 Å². The Hall–Kier alpha value is -3.15. The Bertz CT molecular complexity index is 788. The van der Waals surface area contributed by atoms with Crippen LogP contribution in [0.2, 0.25) is 0 Å². The Morgan fingerprint density at radius 2 is 1.78 bits per heavy atom. The molecule has 0 heterocycles. The van der Waals surface area contributed by atoms with E-state index in [-0.39, 0.29) is 37.3 Å². The zero-order valence-electron chi connectivity index (χ0n) is 15.4. The van der Waals surface area contributed by atoms with Crippen LogP contribution in [0.5, 0.6) is 5.75 Å². The Morgan fingerprint density at radius 3 is 2.44 bits per heavy atom. The van der Waals surface area contributed by atoms with E-state index < -0.39 is 6.04 Å². The molecule has 142 valence electrons. The molecule has 2 rings (SSSR count). The van der Waals surface area contributed by atoms with Crippen molar-refractivity contribution in [3.05, 3.63) is 65.7 Å². The second-order valence-corrected chi connectivity index (χ2v) is 5.91. The van der Waals surface area contributed by atoms with E-state index in [1.807, 2.05) is 30.3 Å². The molecule has 0 fully saturated rings. The predicted octanol–water partition coefficient (Wildman–Crippen LogP) is 3.08. The van der Waals surface area contributed by atoms with Crippen LogP contribution in [0.15, 0.2) is 54.6 Å². The molecule has 1 atom stereocenters. The van der Waals surface area contributed by atoms with Crippen LogP contribution in [0.1, 0.15) is 42.2 Å². The number of hydrogen-bond acceptors (Lipinski definition) is 5. The molecule has 6 nitrogen and oxygen atoms in total. The molecule has 27 heavy (non-hydrogen) atoms. The molecule has 0 spiro atoms. The number of amides is 1. The van der Waals surface area contributed by atoms with Gasteiger partial charge in [0.2, 0.25) is 0 Å². The Balaban J connectivity index is 1.99. The summed E-state index contributed by atoms with van der Waals surface area (Å²) in [4.78, 5) is 35.6. The second-order valence-electron chi connectivity index (χ2n) is 5.91. The van der Waals surface area contributed by atoms with Gasteiger partial charge < -0.3 is 14.8 Å². The minimum Gasteiger partial charge on any atom is -0.484 e. The van der Waals surface area contributed by atoms with E-state index in [9.17, 15) is 14.4 Å². The maximum Gasteiger partial charge on any atom is 0.308 e. The van der Waals surface area contributed by atoms with Gasteiger partial charge in [-0.15, -0.1) is 0 Å². The molecule has 0 aliphatic rings. The summed E-state index contributed by atoms with van der Waals surface area (Å²) in [6.45, 7) is 3.25. The molecular formula is C21H23NO5. The van der Waals surface area contributed by atoms with Crippen LogP contribution in [0, 0.1) is 0 Å². The van der Waals surface area contributed by atoms with Crippen LogP contribution < -0.4 is 10.1 Å². The summed E-state index contributed by atoms with van der Waals surface area (Å²) in [7, 11) is 0. The van der Waals surface area contributed by atoms with Gasteiger partial charge in [0.25, 0.3) is 5.91 Å². The van der Waals surface area contributed by atoms with E-state index in [0.29, 0.717) is 11.3 Å². The van der Waals surface area contributed by atoms with Gasteiger partial charge in [0, 0.05) is 5.56 Å². The molecule has 0 saturated carbocycles. The number of ketones is 1. The van der Waals surface area contributed by atoms with Crippen LogP contribution >= 0.6 is 0 Å².